The lowest BCUT2D eigenvalue weighted by Gasteiger charge is -2.30. The molecule has 0 unspecified atom stereocenters. The zero-order valence-corrected chi connectivity index (χ0v) is 13.8. The first-order valence-electron chi connectivity index (χ1n) is 8.09. The monoisotopic (exact) mass is 349 g/mol. The van der Waals surface area contributed by atoms with Crippen molar-refractivity contribution in [1.29, 1.82) is 0 Å². The van der Waals surface area contributed by atoms with Crippen molar-refractivity contribution >= 4 is 23.3 Å². The van der Waals surface area contributed by atoms with E-state index in [1.165, 1.54) is 11.1 Å². The van der Waals surface area contributed by atoms with Gasteiger partial charge in [-0.2, -0.15) is 0 Å². The molecule has 24 heavy (non-hydrogen) atoms. The van der Waals surface area contributed by atoms with Crippen molar-refractivity contribution < 1.29 is 14.3 Å². The summed E-state index contributed by atoms with van der Waals surface area (Å²) >= 11 is 6.09. The molecule has 0 saturated carbocycles. The first-order chi connectivity index (χ1) is 11.6. The minimum atomic E-state index is -0.419. The summed E-state index contributed by atoms with van der Waals surface area (Å²) in [6, 6.07) is 1.56. The molecule has 0 fully saturated rings. The van der Waals surface area contributed by atoms with Crippen LogP contribution in [0.5, 0.6) is 0 Å². The fraction of sp³-hybridized carbons (Fsp3) is 0.412. The molecule has 1 aliphatic heterocycles. The highest BCUT2D eigenvalue weighted by molar-refractivity contribution is 6.31. The fourth-order valence-electron chi connectivity index (χ4n) is 3.75. The van der Waals surface area contributed by atoms with Gasteiger partial charge in [0, 0.05) is 36.1 Å². The highest BCUT2D eigenvalue weighted by Crippen LogP contribution is 2.34. The summed E-state index contributed by atoms with van der Waals surface area (Å²) in [6.45, 7) is 0.574. The number of aliphatic hydroxyl groups is 1. The molecule has 0 spiro atoms. The Kier molecular flexibility index (Phi) is 3.81. The van der Waals surface area contributed by atoms with Crippen molar-refractivity contribution in [1.82, 2.24) is 9.55 Å². The SMILES string of the molecule is O=C1c2c(F)c3c(n2CCN1c1nccc(Cl)c1CO)CCCC3. The predicted octanol–water partition coefficient (Wildman–Crippen LogP) is 2.71. The Hall–Kier alpha value is -1.92. The van der Waals surface area contributed by atoms with Crippen LogP contribution in [0.4, 0.5) is 10.2 Å². The maximum atomic E-state index is 14.8. The highest BCUT2D eigenvalue weighted by atomic mass is 35.5. The molecule has 126 valence electrons. The van der Waals surface area contributed by atoms with E-state index in [1.807, 2.05) is 4.57 Å². The van der Waals surface area contributed by atoms with Crippen LogP contribution in [-0.2, 0) is 26.0 Å². The Labute approximate surface area is 143 Å². The lowest BCUT2D eigenvalue weighted by molar-refractivity contribution is 0.0958. The number of hydrogen-bond acceptors (Lipinski definition) is 3. The third kappa shape index (κ3) is 2.17. The van der Waals surface area contributed by atoms with Crippen LogP contribution in [0, 0.1) is 5.82 Å². The predicted molar refractivity (Wildman–Crippen MR) is 87.9 cm³/mol. The Morgan fingerprint density at radius 2 is 2.08 bits per heavy atom. The number of carbonyl (C=O) groups excluding carboxylic acids is 1. The quantitative estimate of drug-likeness (QED) is 0.907. The van der Waals surface area contributed by atoms with Gasteiger partial charge in [-0.25, -0.2) is 9.37 Å². The normalized spacial score (nSPS) is 17.0. The number of nitrogens with zero attached hydrogens (tertiary/aromatic N) is 3. The van der Waals surface area contributed by atoms with Crippen molar-refractivity contribution in [2.75, 3.05) is 11.4 Å². The van der Waals surface area contributed by atoms with Gasteiger partial charge in [0.25, 0.3) is 5.91 Å². The highest BCUT2D eigenvalue weighted by Gasteiger charge is 2.36. The molecule has 0 radical (unpaired) electrons. The smallest absolute Gasteiger partial charge is 0.279 e. The van der Waals surface area contributed by atoms with E-state index in [1.54, 1.807) is 6.07 Å². The van der Waals surface area contributed by atoms with Gasteiger partial charge in [0.2, 0.25) is 0 Å². The van der Waals surface area contributed by atoms with E-state index in [-0.39, 0.29) is 12.3 Å². The molecule has 2 aromatic heterocycles. The van der Waals surface area contributed by atoms with Gasteiger partial charge in [0.05, 0.1) is 11.6 Å². The van der Waals surface area contributed by atoms with Crippen molar-refractivity contribution in [2.45, 2.75) is 38.8 Å². The van der Waals surface area contributed by atoms with Gasteiger partial charge in [-0.15, -0.1) is 0 Å². The van der Waals surface area contributed by atoms with Crippen LogP contribution < -0.4 is 4.90 Å². The molecule has 1 amide bonds. The minimum absolute atomic E-state index is 0.110. The summed E-state index contributed by atoms with van der Waals surface area (Å²) in [4.78, 5) is 18.6. The van der Waals surface area contributed by atoms with Gasteiger partial charge in [-0.1, -0.05) is 11.6 Å². The zero-order chi connectivity index (χ0) is 16.8. The first kappa shape index (κ1) is 15.6. The summed E-state index contributed by atoms with van der Waals surface area (Å²) in [7, 11) is 0. The van der Waals surface area contributed by atoms with Crippen LogP contribution in [0.15, 0.2) is 12.3 Å². The van der Waals surface area contributed by atoms with E-state index in [4.69, 9.17) is 11.6 Å². The van der Waals surface area contributed by atoms with Crippen LogP contribution >= 0.6 is 11.6 Å². The van der Waals surface area contributed by atoms with Gasteiger partial charge in [0.15, 0.2) is 5.82 Å². The average Bonchev–Trinajstić information content (AvgIpc) is 2.89. The largest absolute Gasteiger partial charge is 0.391 e. The molecule has 0 atom stereocenters. The molecular weight excluding hydrogens is 333 g/mol. The van der Waals surface area contributed by atoms with Gasteiger partial charge in [-0.3, -0.25) is 9.69 Å². The molecule has 0 bridgehead atoms. The number of hydrogen-bond donors (Lipinski definition) is 1. The molecule has 5 nitrogen and oxygen atoms in total. The zero-order valence-electron chi connectivity index (χ0n) is 13.1. The topological polar surface area (TPSA) is 58.4 Å². The summed E-state index contributed by atoms with van der Waals surface area (Å²) in [5.74, 6) is -0.510. The van der Waals surface area contributed by atoms with Crippen LogP contribution in [0.1, 0.15) is 40.2 Å². The second kappa shape index (κ2) is 5.86. The van der Waals surface area contributed by atoms with Gasteiger partial charge in [-0.05, 0) is 31.7 Å². The number of aromatic nitrogens is 2. The van der Waals surface area contributed by atoms with Crippen molar-refractivity contribution in [3.63, 3.8) is 0 Å². The number of pyridine rings is 1. The third-order valence-corrected chi connectivity index (χ3v) is 5.25. The number of aliphatic hydroxyl groups excluding tert-OH is 1. The molecule has 4 rings (SSSR count). The Morgan fingerprint density at radius 1 is 1.29 bits per heavy atom. The number of halogens is 2. The second-order valence-corrected chi connectivity index (χ2v) is 6.56. The fourth-order valence-corrected chi connectivity index (χ4v) is 3.95. The molecule has 0 saturated heterocycles. The Morgan fingerprint density at radius 3 is 2.88 bits per heavy atom. The van der Waals surface area contributed by atoms with E-state index in [0.717, 1.165) is 25.0 Å². The molecule has 0 aromatic carbocycles. The third-order valence-electron chi connectivity index (χ3n) is 4.89. The average molecular weight is 350 g/mol. The molecule has 3 heterocycles. The second-order valence-electron chi connectivity index (χ2n) is 6.16. The van der Waals surface area contributed by atoms with Crippen molar-refractivity contribution in [3.8, 4) is 0 Å². The number of carbonyl (C=O) groups is 1. The Bertz CT molecular complexity index is 834. The molecule has 2 aromatic rings. The minimum Gasteiger partial charge on any atom is -0.391 e. The summed E-state index contributed by atoms with van der Waals surface area (Å²) in [6.07, 6.45) is 4.97. The summed E-state index contributed by atoms with van der Waals surface area (Å²) in [5.41, 5.74) is 2.15. The number of amides is 1. The number of fused-ring (bicyclic) bond motifs is 3. The maximum absolute atomic E-state index is 14.8. The van der Waals surface area contributed by atoms with Gasteiger partial charge in [0.1, 0.15) is 11.5 Å². The van der Waals surface area contributed by atoms with E-state index in [0.29, 0.717) is 41.5 Å². The van der Waals surface area contributed by atoms with Crippen LogP contribution in [0.3, 0.4) is 0 Å². The number of anilines is 1. The van der Waals surface area contributed by atoms with Crippen molar-refractivity contribution in [2.24, 2.45) is 0 Å². The standard InChI is InChI=1S/C17H17ClFN3O2/c18-12-5-6-20-16(11(12)9-23)22-8-7-21-13-4-2-1-3-10(13)14(19)15(21)17(22)24/h5-6,23H,1-4,7-9H2. The van der Waals surface area contributed by atoms with E-state index in [9.17, 15) is 14.3 Å². The van der Waals surface area contributed by atoms with E-state index in [2.05, 4.69) is 4.98 Å². The van der Waals surface area contributed by atoms with Crippen molar-refractivity contribution in [3.05, 3.63) is 45.6 Å². The summed E-state index contributed by atoms with van der Waals surface area (Å²) in [5, 5.41) is 9.90. The van der Waals surface area contributed by atoms with Gasteiger partial charge >= 0.3 is 0 Å². The lowest BCUT2D eigenvalue weighted by Crippen LogP contribution is -2.42. The van der Waals surface area contributed by atoms with Crippen LogP contribution in [-0.4, -0.2) is 27.1 Å². The van der Waals surface area contributed by atoms with Crippen LogP contribution in [0.25, 0.3) is 0 Å². The number of rotatable bonds is 2. The molecule has 1 aliphatic carbocycles. The van der Waals surface area contributed by atoms with E-state index >= 15 is 0 Å². The lowest BCUT2D eigenvalue weighted by atomic mass is 9.97. The molecular formula is C17H17ClFN3O2. The van der Waals surface area contributed by atoms with Crippen LogP contribution in [0.2, 0.25) is 5.02 Å². The molecule has 1 N–H and O–H groups in total. The molecule has 2 aliphatic rings. The van der Waals surface area contributed by atoms with E-state index < -0.39 is 11.7 Å². The van der Waals surface area contributed by atoms with Gasteiger partial charge < -0.3 is 9.67 Å². The first-order valence-corrected chi connectivity index (χ1v) is 8.47. The summed E-state index contributed by atoms with van der Waals surface area (Å²) < 4.78 is 16.7. The molecule has 7 heteroatoms. The Balaban J connectivity index is 1.81. The maximum Gasteiger partial charge on any atom is 0.279 e.